The van der Waals surface area contributed by atoms with Crippen molar-refractivity contribution in [2.24, 2.45) is 9.98 Å². The quantitative estimate of drug-likeness (QED) is 0.0761. The number of aliphatic hydroxyl groups excluding tert-OH is 2. The van der Waals surface area contributed by atoms with E-state index in [-0.39, 0.29) is 118 Å². The van der Waals surface area contributed by atoms with Crippen LogP contribution in [0, 0.1) is 0 Å². The SMILES string of the molecule is Nc1nc2c(ncn2[C@@H]2O[C@@H]3COP(=O)(S)O[C@H]4[C@H](F)[C@H](n5cnc6c5N=CCC6=O)O[C@@H]4COP(O)(=S)O[C@@H]2[C@@H]3O)c(=O)[nH]1.Nc1nc2c(ncn2[C@@H]2O[C@@H]3COP(O)(=S)O[C@H]4[C@H](F)[C@H](n5nnc6c5N=CCC6=O)O[C@@H]4COP(O)(=S)O[C@@H]2C3)c(=O)[nH]1.Nc1nc2c(nnn2[C@@H]2S[C@@H]3COP(=O)(O)O[C@H]4C[C@H](c5cnc6c(N)ccnn56)O[C@@H]4COP(O)(=S)O[C@@H]2[C@@H]3O)c(=O)[nH]1. The van der Waals surface area contributed by atoms with Crippen molar-refractivity contribution in [1.82, 2.24) is 103 Å². The van der Waals surface area contributed by atoms with Gasteiger partial charge in [0.05, 0.1) is 99.9 Å². The van der Waals surface area contributed by atoms with Crippen LogP contribution in [0.15, 0.2) is 61.8 Å². The first-order valence-corrected chi connectivity index (χ1v) is 54.4. The van der Waals surface area contributed by atoms with Crippen LogP contribution in [-0.2, 0) is 134 Å². The van der Waals surface area contributed by atoms with Crippen LogP contribution in [0.5, 0.6) is 0 Å². The fraction of sp³-hybridized carbons (Fsp3) is 0.525. The molecule has 10 aromatic heterocycles. The maximum atomic E-state index is 16.0. The lowest BCUT2D eigenvalue weighted by atomic mass is 10.1. The zero-order chi connectivity index (χ0) is 93.8. The van der Waals surface area contributed by atoms with Crippen molar-refractivity contribution < 1.29 is 140 Å². The first-order chi connectivity index (χ1) is 63.1. The van der Waals surface area contributed by atoms with Crippen molar-refractivity contribution in [2.45, 2.75) is 159 Å². The molecule has 21 heterocycles. The van der Waals surface area contributed by atoms with Crippen molar-refractivity contribution in [3.63, 3.8) is 0 Å². The number of carbonyl (C=O) groups is 2. The van der Waals surface area contributed by atoms with Crippen LogP contribution < -0.4 is 39.6 Å². The van der Waals surface area contributed by atoms with Gasteiger partial charge in [-0.3, -0.25) is 84.3 Å². The lowest BCUT2D eigenvalue weighted by Crippen LogP contribution is -2.35. The smallest absolute Gasteiger partial charge is 0.396 e. The van der Waals surface area contributed by atoms with Crippen molar-refractivity contribution >= 4 is 211 Å². The van der Waals surface area contributed by atoms with Crippen LogP contribution in [0.1, 0.15) is 88.7 Å². The van der Waals surface area contributed by atoms with Gasteiger partial charge in [-0.1, -0.05) is 22.7 Å². The Morgan fingerprint density at radius 3 is 1.73 bits per heavy atom. The maximum absolute atomic E-state index is 16.0. The first kappa shape index (κ1) is 94.5. The van der Waals surface area contributed by atoms with Crippen molar-refractivity contribution in [2.75, 3.05) is 62.6 Å². The number of ketones is 2. The molecule has 6 unspecified atom stereocenters. The summed E-state index contributed by atoms with van der Waals surface area (Å²) in [4.78, 5) is 160. The molecular weight excluding hydrogens is 2020 g/mol. The largest absolute Gasteiger partial charge is 0.472 e. The third kappa shape index (κ3) is 18.9. The van der Waals surface area contributed by atoms with E-state index < -0.39 is 225 Å². The number of rotatable bonds is 6. The highest BCUT2D eigenvalue weighted by atomic mass is 32.7. The van der Waals surface area contributed by atoms with Gasteiger partial charge in [-0.25, -0.2) is 57.0 Å². The van der Waals surface area contributed by atoms with Crippen LogP contribution in [0.4, 0.5) is 43.9 Å². The molecule has 9 saturated heterocycles. The molecule has 0 aromatic carbocycles. The van der Waals surface area contributed by atoms with Gasteiger partial charge in [0, 0.05) is 38.1 Å². The molecular formula is C61H69F2N27O31P6S6. The fourth-order valence-corrected chi connectivity index (χ4v) is 25.7. The summed E-state index contributed by atoms with van der Waals surface area (Å²) in [6, 6.07) is 1.59. The molecule has 0 amide bonds. The number of Topliss-reactive ketones (excluding diaryl/α,β-unsaturated/α-hetero) is 2. The van der Waals surface area contributed by atoms with Gasteiger partial charge >= 0.3 is 41.5 Å². The number of ether oxygens (including phenoxy) is 5. The van der Waals surface area contributed by atoms with Gasteiger partial charge in [0.15, 0.2) is 111 Å². The molecule has 6 bridgehead atoms. The molecule has 28 atom stereocenters. The topological polar surface area (TPSA) is 778 Å². The Balaban J connectivity index is 0.000000129. The number of nitrogen functional groups attached to an aromatic ring is 4. The number of alkyl halides is 2. The molecule has 0 saturated carbocycles. The van der Waals surface area contributed by atoms with E-state index in [1.165, 1.54) is 66.7 Å². The second-order valence-electron chi connectivity index (χ2n) is 30.4. The lowest BCUT2D eigenvalue weighted by molar-refractivity contribution is -0.0619. The third-order valence-electron chi connectivity index (χ3n) is 21.8. The number of halogens is 2. The average molecular weight is 2090 g/mol. The molecule has 0 spiro atoms. The number of phosphoric ester groups is 1. The molecule has 10 aromatic rings. The van der Waals surface area contributed by atoms with Gasteiger partial charge < -0.3 is 104 Å². The Morgan fingerprint density at radius 1 is 0.504 bits per heavy atom. The molecule has 9 fully saturated rings. The number of thiol groups is 1. The highest BCUT2D eigenvalue weighted by Crippen LogP contribution is 2.62. The first-order valence-electron chi connectivity index (χ1n) is 38.9. The normalized spacial score (nSPS) is 37.7. The van der Waals surface area contributed by atoms with Gasteiger partial charge in [0.2, 0.25) is 17.8 Å². The predicted molar refractivity (Wildman–Crippen MR) is 461 cm³/mol. The monoisotopic (exact) mass is 2090 g/mol. The lowest BCUT2D eigenvalue weighted by Gasteiger charge is -2.27. The van der Waals surface area contributed by atoms with Crippen LogP contribution in [0.25, 0.3) is 39.1 Å². The van der Waals surface area contributed by atoms with Gasteiger partial charge in [-0.05, 0) is 53.3 Å². The van der Waals surface area contributed by atoms with E-state index >= 15 is 8.78 Å². The van der Waals surface area contributed by atoms with Crippen LogP contribution >= 0.6 is 65.5 Å². The predicted octanol–water partition coefficient (Wildman–Crippen LogP) is -0.130. The zero-order valence-corrected chi connectivity index (χ0v) is 76.8. The number of fused-ring (bicyclic) bond motifs is 15. The minimum Gasteiger partial charge on any atom is -0.396 e. The van der Waals surface area contributed by atoms with Crippen LogP contribution in [-0.4, -0.2) is 298 Å². The highest BCUT2D eigenvalue weighted by molar-refractivity contribution is 8.44. The van der Waals surface area contributed by atoms with E-state index in [4.69, 9.17) is 148 Å². The molecule has 133 heavy (non-hydrogen) atoms. The Labute approximate surface area is 767 Å². The van der Waals surface area contributed by atoms with E-state index in [1.807, 2.05) is 0 Å². The number of thioether (sulfide) groups is 1. The molecule has 11 aliphatic heterocycles. The summed E-state index contributed by atoms with van der Waals surface area (Å²) in [5.74, 6) is -1.28. The number of anilines is 4. The molecule has 714 valence electrons. The molecule has 0 radical (unpaired) electrons. The van der Waals surface area contributed by atoms with Crippen molar-refractivity contribution in [3.05, 3.63) is 85.6 Å². The minimum absolute atomic E-state index is 0.0108. The van der Waals surface area contributed by atoms with E-state index in [2.05, 4.69) is 97.8 Å². The summed E-state index contributed by atoms with van der Waals surface area (Å²) in [6.07, 6.45) is -17.8. The molecule has 21 rings (SSSR count). The van der Waals surface area contributed by atoms with E-state index in [9.17, 15) is 67.8 Å². The Bertz CT molecular complexity index is 6880. The summed E-state index contributed by atoms with van der Waals surface area (Å²) in [5.41, 5.74) is 22.2. The molecule has 58 nitrogen and oxygen atoms in total. The highest BCUT2D eigenvalue weighted by Gasteiger charge is 2.58. The van der Waals surface area contributed by atoms with Gasteiger partial charge in [0.1, 0.15) is 78.6 Å². The van der Waals surface area contributed by atoms with Crippen molar-refractivity contribution in [1.29, 1.82) is 0 Å². The van der Waals surface area contributed by atoms with Crippen LogP contribution in [0.3, 0.4) is 0 Å². The van der Waals surface area contributed by atoms with E-state index in [0.29, 0.717) is 17.0 Å². The molecule has 11 aliphatic rings. The van der Waals surface area contributed by atoms with Gasteiger partial charge in [-0.15, -0.1) is 22.0 Å². The minimum atomic E-state index is -4.75. The summed E-state index contributed by atoms with van der Waals surface area (Å²) < 4.78 is 162. The molecule has 0 aliphatic carbocycles. The number of carbonyl (C=O) groups excluding carboxylic acids is 2. The number of nitrogens with one attached hydrogen (secondary N) is 3. The Morgan fingerprint density at radius 2 is 1.05 bits per heavy atom. The Kier molecular flexibility index (Phi) is 25.8. The second kappa shape index (κ2) is 36.4. The third-order valence-corrected chi connectivity index (χ3v) is 32.2. The zero-order valence-electron chi connectivity index (χ0n) is 66.5. The number of aromatic nitrogens is 21. The molecule has 72 heteroatoms. The summed E-state index contributed by atoms with van der Waals surface area (Å²) in [5, 5.41) is 40.1. The van der Waals surface area contributed by atoms with Crippen molar-refractivity contribution in [3.8, 4) is 0 Å². The maximum Gasteiger partial charge on any atom is 0.472 e. The number of imidazole rings is 4. The molecule has 18 N–H and O–H groups in total. The summed E-state index contributed by atoms with van der Waals surface area (Å²) >= 11 is 25.9. The van der Waals surface area contributed by atoms with Gasteiger partial charge in [0.25, 0.3) is 16.7 Å². The number of aromatic amines is 3. The van der Waals surface area contributed by atoms with Gasteiger partial charge in [-0.2, -0.15) is 24.7 Å². The number of aliphatic imine (C=N–C) groups is 2. The number of nitrogens with zero attached hydrogens (tertiary/aromatic N) is 20. The Hall–Kier alpha value is -7.51. The number of H-pyrrole nitrogens is 3. The van der Waals surface area contributed by atoms with E-state index in [0.717, 1.165) is 16.4 Å². The number of hydrogen-bond donors (Lipinski definition) is 15. The van der Waals surface area contributed by atoms with E-state index in [1.54, 1.807) is 6.07 Å². The number of nitrogens with two attached hydrogens (primary N) is 4. The summed E-state index contributed by atoms with van der Waals surface area (Å²) in [6.45, 7) is -24.2. The fourth-order valence-electron chi connectivity index (χ4n) is 15.9. The summed E-state index contributed by atoms with van der Waals surface area (Å²) in [7, 11) is -4.75. The number of aliphatic hydroxyl groups is 2. The second-order valence-corrected chi connectivity index (χ2v) is 47.2. The number of hydrogen-bond acceptors (Lipinski definition) is 49. The van der Waals surface area contributed by atoms with Crippen LogP contribution in [0.2, 0.25) is 0 Å². The number of phosphoric acid groups is 1. The standard InChI is InChI=1S/C21H23FN8O11P2S2.C20H22FN9O10P2S2.C20H24N10O10P2S2/c22-10-14-9(39-19(10)29-5-25-11-7(31)1-2-24-16(11)29)4-37-43(35,45)41-15-13(32)8(3-36-42(34,44)40-14)38-20(15)30-6-26-12-17(30)27-21(23)28-18(12)33;21-11-14-10(38-19(11)30-15-12(27-28-30)8(31)1-2-23-15)5-36-41(33,43)39-9-3-7(4-35-42(34,44)40-14)37-18(9)29-6-24-13-16(29)25-20(22)26-17(13)32;21-7-1-2-24-29-8(4-23-16(7)29)9-3-10-11(38-9)5-37-42(35,43)40-15-14(31)12(6-36-41(33,34)39-10)44-19(15)30-17-13(27-28-30)18(32)26-20(22)25-17/h2,5-6,8-10,13-15,19-20,32H,1,3-4H2,(H,34,44)(H,35,45)(H3,23,27,28,33);2,6-7,9-11,14,18-19H,1,3-5H2,(H,33,43)(H,34,44)(H3,22,25,26,32);1-2,4,9-12,14-15,19,31H,3,5-6,21H2,(H,33,34)(H,35,43)(H3,22,25,26,32)/t8-,9-,10+,13-,14-,15-,19-,20-,42?,43?;7-,9+,10+,11-,14+,18+,19+,41?,42?;9-,10+,11-,12-,14-,15-,19-,42?/m101/s1. The average Bonchev–Trinajstić information content (AvgIpc) is 2.07.